The lowest BCUT2D eigenvalue weighted by Crippen LogP contribution is -2.42. The van der Waals surface area contributed by atoms with Gasteiger partial charge >= 0.3 is 0 Å². The van der Waals surface area contributed by atoms with Crippen LogP contribution < -0.4 is 5.32 Å². The summed E-state index contributed by atoms with van der Waals surface area (Å²) in [6.45, 7) is 2.46. The van der Waals surface area contributed by atoms with E-state index in [1.54, 1.807) is 0 Å². The van der Waals surface area contributed by atoms with Gasteiger partial charge in [0.2, 0.25) is 0 Å². The van der Waals surface area contributed by atoms with Crippen LogP contribution in [-0.4, -0.2) is 37.1 Å². The largest absolute Gasteiger partial charge is 0.310 e. The number of nitrogens with one attached hydrogen (secondary N) is 1. The Labute approximate surface area is 118 Å². The fraction of sp³-hybridized carbons (Fsp3) is 0.600. The molecule has 0 spiro atoms. The second-order valence-corrected chi connectivity index (χ2v) is 6.68. The summed E-state index contributed by atoms with van der Waals surface area (Å²) in [4.78, 5) is 2.42. The molecule has 98 valence electrons. The van der Waals surface area contributed by atoms with Crippen LogP contribution in [0.3, 0.4) is 0 Å². The fourth-order valence-electron chi connectivity index (χ4n) is 3.27. The third-order valence-corrected chi connectivity index (χ3v) is 4.75. The normalized spacial score (nSPS) is 28.3. The standard InChI is InChI=1S/C15H21BrN2/c1-18-7-6-15(10-18)17-14-5-3-11-8-13(16)4-2-12(11)9-14/h2,4,8,14-15,17H,3,5-7,9-10H2,1H3. The van der Waals surface area contributed by atoms with Gasteiger partial charge in [0.25, 0.3) is 0 Å². The molecule has 3 rings (SSSR count). The van der Waals surface area contributed by atoms with Crippen LogP contribution in [0.2, 0.25) is 0 Å². The molecule has 2 nitrogen and oxygen atoms in total. The first-order chi connectivity index (χ1) is 8.70. The number of hydrogen-bond acceptors (Lipinski definition) is 2. The maximum atomic E-state index is 3.85. The van der Waals surface area contributed by atoms with E-state index in [9.17, 15) is 0 Å². The topological polar surface area (TPSA) is 15.3 Å². The van der Waals surface area contributed by atoms with Crippen LogP contribution in [0.1, 0.15) is 24.0 Å². The highest BCUT2D eigenvalue weighted by Gasteiger charge is 2.24. The number of aryl methyl sites for hydroxylation is 1. The van der Waals surface area contributed by atoms with Crippen molar-refractivity contribution in [2.75, 3.05) is 20.1 Å². The molecule has 2 aliphatic rings. The number of benzene rings is 1. The molecule has 2 atom stereocenters. The molecule has 18 heavy (non-hydrogen) atoms. The maximum Gasteiger partial charge on any atom is 0.0209 e. The van der Waals surface area contributed by atoms with Crippen LogP contribution in [0.25, 0.3) is 0 Å². The lowest BCUT2D eigenvalue weighted by Gasteiger charge is -2.28. The van der Waals surface area contributed by atoms with Gasteiger partial charge in [-0.05, 0) is 62.5 Å². The van der Waals surface area contributed by atoms with Crippen molar-refractivity contribution < 1.29 is 0 Å². The molecule has 0 radical (unpaired) electrons. The Morgan fingerprint density at radius 1 is 1.22 bits per heavy atom. The van der Waals surface area contributed by atoms with Crippen molar-refractivity contribution in [3.8, 4) is 0 Å². The Balaban J connectivity index is 1.62. The van der Waals surface area contributed by atoms with E-state index in [1.165, 1.54) is 54.4 Å². The van der Waals surface area contributed by atoms with Crippen LogP contribution in [0, 0.1) is 0 Å². The van der Waals surface area contributed by atoms with Gasteiger partial charge in [0.05, 0.1) is 0 Å². The summed E-state index contributed by atoms with van der Waals surface area (Å²) in [6.07, 6.45) is 5.00. The molecule has 1 N–H and O–H groups in total. The van der Waals surface area contributed by atoms with Crippen LogP contribution in [0.5, 0.6) is 0 Å². The van der Waals surface area contributed by atoms with Crippen molar-refractivity contribution >= 4 is 15.9 Å². The summed E-state index contributed by atoms with van der Waals surface area (Å²) in [5.41, 5.74) is 3.07. The Hall–Kier alpha value is -0.380. The molecule has 1 heterocycles. The number of rotatable bonds is 2. The van der Waals surface area contributed by atoms with Gasteiger partial charge in [-0.15, -0.1) is 0 Å². The highest BCUT2D eigenvalue weighted by atomic mass is 79.9. The van der Waals surface area contributed by atoms with Gasteiger partial charge in [0.1, 0.15) is 0 Å². The van der Waals surface area contributed by atoms with Gasteiger partial charge < -0.3 is 10.2 Å². The molecule has 0 amide bonds. The Morgan fingerprint density at radius 2 is 2.11 bits per heavy atom. The summed E-state index contributed by atoms with van der Waals surface area (Å²) in [7, 11) is 2.22. The zero-order valence-electron chi connectivity index (χ0n) is 11.0. The molecule has 1 aromatic carbocycles. The predicted octanol–water partition coefficient (Wildman–Crippen LogP) is 2.60. The maximum absolute atomic E-state index is 3.85. The van der Waals surface area contributed by atoms with Crippen molar-refractivity contribution in [3.05, 3.63) is 33.8 Å². The minimum Gasteiger partial charge on any atom is -0.310 e. The van der Waals surface area contributed by atoms with Crippen molar-refractivity contribution in [3.63, 3.8) is 0 Å². The molecule has 0 saturated carbocycles. The van der Waals surface area contributed by atoms with E-state index >= 15 is 0 Å². The van der Waals surface area contributed by atoms with Crippen molar-refractivity contribution in [1.82, 2.24) is 10.2 Å². The number of likely N-dealkylation sites (tertiary alicyclic amines) is 1. The Morgan fingerprint density at radius 3 is 2.89 bits per heavy atom. The highest BCUT2D eigenvalue weighted by molar-refractivity contribution is 9.10. The van der Waals surface area contributed by atoms with E-state index in [0.717, 1.165) is 0 Å². The molecule has 3 heteroatoms. The number of likely N-dealkylation sites (N-methyl/N-ethyl adjacent to an activating group) is 1. The van der Waals surface area contributed by atoms with Crippen molar-refractivity contribution in [2.24, 2.45) is 0 Å². The minimum absolute atomic E-state index is 0.676. The number of fused-ring (bicyclic) bond motifs is 1. The first-order valence-electron chi connectivity index (χ1n) is 6.92. The van der Waals surface area contributed by atoms with E-state index < -0.39 is 0 Å². The summed E-state index contributed by atoms with van der Waals surface area (Å²) in [5.74, 6) is 0. The molecule has 1 saturated heterocycles. The quantitative estimate of drug-likeness (QED) is 0.903. The van der Waals surface area contributed by atoms with E-state index in [2.05, 4.69) is 51.4 Å². The average Bonchev–Trinajstić information content (AvgIpc) is 2.75. The summed E-state index contributed by atoms with van der Waals surface area (Å²) < 4.78 is 1.21. The minimum atomic E-state index is 0.676. The molecule has 1 aliphatic heterocycles. The molecule has 1 fully saturated rings. The predicted molar refractivity (Wildman–Crippen MR) is 79.0 cm³/mol. The fourth-order valence-corrected chi connectivity index (χ4v) is 3.68. The van der Waals surface area contributed by atoms with E-state index in [1.807, 2.05) is 0 Å². The van der Waals surface area contributed by atoms with Gasteiger partial charge in [-0.3, -0.25) is 0 Å². The van der Waals surface area contributed by atoms with Crippen LogP contribution in [0.4, 0.5) is 0 Å². The van der Waals surface area contributed by atoms with E-state index in [-0.39, 0.29) is 0 Å². The van der Waals surface area contributed by atoms with Gasteiger partial charge in [0, 0.05) is 23.1 Å². The zero-order chi connectivity index (χ0) is 12.5. The summed E-state index contributed by atoms with van der Waals surface area (Å²) in [6, 6.07) is 8.13. The van der Waals surface area contributed by atoms with Crippen LogP contribution in [-0.2, 0) is 12.8 Å². The molecule has 1 aromatic rings. The third kappa shape index (κ3) is 2.79. The first kappa shape index (κ1) is 12.6. The van der Waals surface area contributed by atoms with Crippen molar-refractivity contribution in [1.29, 1.82) is 0 Å². The van der Waals surface area contributed by atoms with Gasteiger partial charge in [-0.2, -0.15) is 0 Å². The van der Waals surface area contributed by atoms with Gasteiger partial charge in [-0.1, -0.05) is 22.0 Å². The summed E-state index contributed by atoms with van der Waals surface area (Å²) >= 11 is 3.56. The summed E-state index contributed by atoms with van der Waals surface area (Å²) in [5, 5.41) is 3.85. The molecule has 0 aromatic heterocycles. The average molecular weight is 309 g/mol. The zero-order valence-corrected chi connectivity index (χ0v) is 12.5. The SMILES string of the molecule is CN1CCC(NC2CCc3cc(Br)ccc3C2)C1. The lowest BCUT2D eigenvalue weighted by molar-refractivity contribution is 0.365. The first-order valence-corrected chi connectivity index (χ1v) is 7.72. The smallest absolute Gasteiger partial charge is 0.0209 e. The number of hydrogen-bond donors (Lipinski definition) is 1. The molecule has 1 aliphatic carbocycles. The Kier molecular flexibility index (Phi) is 3.73. The second-order valence-electron chi connectivity index (χ2n) is 5.77. The van der Waals surface area contributed by atoms with Crippen LogP contribution in [0.15, 0.2) is 22.7 Å². The highest BCUT2D eigenvalue weighted by Crippen LogP contribution is 2.25. The van der Waals surface area contributed by atoms with Crippen LogP contribution >= 0.6 is 15.9 Å². The van der Waals surface area contributed by atoms with E-state index in [4.69, 9.17) is 0 Å². The molecule has 0 bridgehead atoms. The Bertz CT molecular complexity index is 433. The molecule has 2 unspecified atom stereocenters. The number of halogens is 1. The molecular weight excluding hydrogens is 288 g/mol. The van der Waals surface area contributed by atoms with Crippen molar-refractivity contribution in [2.45, 2.75) is 37.8 Å². The molecular formula is C15H21BrN2. The van der Waals surface area contributed by atoms with E-state index in [0.29, 0.717) is 12.1 Å². The number of nitrogens with zero attached hydrogens (tertiary/aromatic N) is 1. The van der Waals surface area contributed by atoms with Gasteiger partial charge in [0.15, 0.2) is 0 Å². The second kappa shape index (κ2) is 5.32. The lowest BCUT2D eigenvalue weighted by atomic mass is 9.88. The van der Waals surface area contributed by atoms with Gasteiger partial charge in [-0.25, -0.2) is 0 Å². The third-order valence-electron chi connectivity index (χ3n) is 4.26. The monoisotopic (exact) mass is 308 g/mol.